The molecule has 0 unspecified atom stereocenters. The first-order valence-electron chi connectivity index (χ1n) is 6.95. The molecule has 6 nitrogen and oxygen atoms in total. The van der Waals surface area contributed by atoms with Gasteiger partial charge in [-0.3, -0.25) is 0 Å². The van der Waals surface area contributed by atoms with E-state index in [4.69, 9.17) is 4.74 Å². The number of rotatable bonds is 4. The highest BCUT2D eigenvalue weighted by atomic mass is 19.1. The molecule has 1 saturated heterocycles. The van der Waals surface area contributed by atoms with Crippen molar-refractivity contribution in [3.8, 4) is 0 Å². The number of hydrogen-bond acceptors (Lipinski definition) is 5. The number of nitroso groups, excluding NO2 is 1. The summed E-state index contributed by atoms with van der Waals surface area (Å²) in [5, 5.41) is 6.01. The first kappa shape index (κ1) is 15.2. The Morgan fingerprint density at radius 2 is 2.19 bits per heavy atom. The molecule has 0 saturated carbocycles. The number of ether oxygens (including phenoxy) is 1. The van der Waals surface area contributed by atoms with Gasteiger partial charge in [-0.25, -0.2) is 9.18 Å². The summed E-state index contributed by atoms with van der Waals surface area (Å²) in [7, 11) is 0. The number of benzene rings is 1. The van der Waals surface area contributed by atoms with Crippen molar-refractivity contribution in [2.24, 2.45) is 5.18 Å². The van der Waals surface area contributed by atoms with E-state index in [2.05, 4.69) is 10.5 Å². The monoisotopic (exact) mass is 295 g/mol. The third-order valence-corrected chi connectivity index (χ3v) is 3.44. The summed E-state index contributed by atoms with van der Waals surface area (Å²) in [6.45, 7) is 3.30. The Hall–Kier alpha value is -2.18. The van der Waals surface area contributed by atoms with Crippen LogP contribution in [0.25, 0.3) is 0 Å². The van der Waals surface area contributed by atoms with E-state index in [9.17, 15) is 14.1 Å². The normalized spacial score (nSPS) is 15.6. The molecule has 1 aromatic carbocycles. The SMILES string of the molecule is CCOC(=O)N1CCC(Nc2ccc(F)cc2N=O)CC1. The van der Waals surface area contributed by atoms with Gasteiger partial charge in [0.25, 0.3) is 0 Å². The second-order valence-corrected chi connectivity index (χ2v) is 4.86. The van der Waals surface area contributed by atoms with Gasteiger partial charge in [0.05, 0.1) is 12.3 Å². The van der Waals surface area contributed by atoms with Crippen molar-refractivity contribution in [3.63, 3.8) is 0 Å². The maximum Gasteiger partial charge on any atom is 0.409 e. The standard InChI is InChI=1S/C14H18FN3O3/c1-2-21-14(19)18-7-5-11(6-8-18)16-12-4-3-10(15)9-13(12)17-20/h3-4,9,11,16H,2,5-8H2,1H3. The van der Waals surface area contributed by atoms with E-state index in [1.54, 1.807) is 11.8 Å². The molecule has 1 amide bonds. The summed E-state index contributed by atoms with van der Waals surface area (Å²) >= 11 is 0. The second-order valence-electron chi connectivity index (χ2n) is 4.86. The number of carbonyl (C=O) groups is 1. The summed E-state index contributed by atoms with van der Waals surface area (Å²) in [4.78, 5) is 24.0. The third-order valence-electron chi connectivity index (χ3n) is 3.44. The average Bonchev–Trinajstić information content (AvgIpc) is 2.50. The molecule has 0 aromatic heterocycles. The van der Waals surface area contributed by atoms with Crippen molar-refractivity contribution in [1.29, 1.82) is 0 Å². The van der Waals surface area contributed by atoms with Gasteiger partial charge in [-0.15, -0.1) is 4.91 Å². The quantitative estimate of drug-likeness (QED) is 0.865. The predicted molar refractivity (Wildman–Crippen MR) is 77.1 cm³/mol. The Morgan fingerprint density at radius 3 is 2.81 bits per heavy atom. The molecule has 0 aliphatic carbocycles. The predicted octanol–water partition coefficient (Wildman–Crippen LogP) is 3.26. The van der Waals surface area contributed by atoms with Crippen LogP contribution in [-0.2, 0) is 4.74 Å². The van der Waals surface area contributed by atoms with Crippen molar-refractivity contribution in [2.45, 2.75) is 25.8 Å². The van der Waals surface area contributed by atoms with Crippen molar-refractivity contribution in [3.05, 3.63) is 28.9 Å². The van der Waals surface area contributed by atoms with Crippen LogP contribution >= 0.6 is 0 Å². The number of halogens is 1. The number of amides is 1. The van der Waals surface area contributed by atoms with E-state index >= 15 is 0 Å². The minimum atomic E-state index is -0.493. The molecule has 1 N–H and O–H groups in total. The Bertz CT molecular complexity index is 516. The van der Waals surface area contributed by atoms with Crippen LogP contribution in [0.5, 0.6) is 0 Å². The molecule has 21 heavy (non-hydrogen) atoms. The van der Waals surface area contributed by atoms with Crippen molar-refractivity contribution < 1.29 is 13.9 Å². The summed E-state index contributed by atoms with van der Waals surface area (Å²) in [5.41, 5.74) is 0.573. The lowest BCUT2D eigenvalue weighted by Crippen LogP contribution is -2.42. The van der Waals surface area contributed by atoms with Crippen LogP contribution in [0.4, 0.5) is 20.6 Å². The number of hydrogen-bond donors (Lipinski definition) is 1. The van der Waals surface area contributed by atoms with Gasteiger partial charge in [0.2, 0.25) is 0 Å². The van der Waals surface area contributed by atoms with Crippen molar-refractivity contribution in [2.75, 3.05) is 25.0 Å². The smallest absolute Gasteiger partial charge is 0.409 e. The van der Waals surface area contributed by atoms with E-state index in [-0.39, 0.29) is 17.8 Å². The molecule has 2 rings (SSSR count). The zero-order valence-corrected chi connectivity index (χ0v) is 11.8. The highest BCUT2D eigenvalue weighted by Gasteiger charge is 2.24. The summed E-state index contributed by atoms with van der Waals surface area (Å²) in [5.74, 6) is -0.493. The van der Waals surface area contributed by atoms with Crippen LogP contribution in [0.15, 0.2) is 23.4 Å². The fraction of sp³-hybridized carbons (Fsp3) is 0.500. The van der Waals surface area contributed by atoms with Gasteiger partial charge in [-0.05, 0) is 37.1 Å². The molecule has 1 aromatic rings. The van der Waals surface area contributed by atoms with Crippen LogP contribution in [0.3, 0.4) is 0 Å². The Morgan fingerprint density at radius 1 is 1.48 bits per heavy atom. The van der Waals surface area contributed by atoms with Crippen molar-refractivity contribution >= 4 is 17.5 Å². The lowest BCUT2D eigenvalue weighted by atomic mass is 10.0. The first-order valence-corrected chi connectivity index (χ1v) is 6.95. The fourth-order valence-electron chi connectivity index (χ4n) is 2.34. The maximum absolute atomic E-state index is 13.0. The lowest BCUT2D eigenvalue weighted by molar-refractivity contribution is 0.0983. The Balaban J connectivity index is 1.92. The maximum atomic E-state index is 13.0. The summed E-state index contributed by atoms with van der Waals surface area (Å²) < 4.78 is 18.0. The van der Waals surface area contributed by atoms with E-state index in [0.717, 1.165) is 18.9 Å². The number of likely N-dealkylation sites (tertiary alicyclic amines) is 1. The van der Waals surface area contributed by atoms with Gasteiger partial charge in [0.15, 0.2) is 0 Å². The van der Waals surface area contributed by atoms with E-state index in [1.165, 1.54) is 12.1 Å². The summed E-state index contributed by atoms with van der Waals surface area (Å²) in [6, 6.07) is 4.00. The van der Waals surface area contributed by atoms with E-state index < -0.39 is 5.82 Å². The van der Waals surface area contributed by atoms with Gasteiger partial charge in [0.1, 0.15) is 11.5 Å². The molecular weight excluding hydrogens is 277 g/mol. The molecule has 0 radical (unpaired) electrons. The number of nitrogens with one attached hydrogen (secondary N) is 1. The molecule has 0 bridgehead atoms. The van der Waals surface area contributed by atoms with Crippen LogP contribution in [0, 0.1) is 10.7 Å². The second kappa shape index (κ2) is 7.01. The molecule has 1 fully saturated rings. The lowest BCUT2D eigenvalue weighted by Gasteiger charge is -2.32. The molecular formula is C14H18FN3O3. The van der Waals surface area contributed by atoms with Crippen LogP contribution in [0.1, 0.15) is 19.8 Å². The highest BCUT2D eigenvalue weighted by molar-refractivity contribution is 5.68. The van der Waals surface area contributed by atoms with Gasteiger partial charge < -0.3 is 15.0 Å². The number of anilines is 1. The van der Waals surface area contributed by atoms with E-state index in [1.807, 2.05) is 0 Å². The van der Waals surface area contributed by atoms with Crippen LogP contribution in [0.2, 0.25) is 0 Å². The van der Waals surface area contributed by atoms with E-state index in [0.29, 0.717) is 25.4 Å². The number of carbonyl (C=O) groups excluding carboxylic acids is 1. The van der Waals surface area contributed by atoms with Crippen molar-refractivity contribution in [1.82, 2.24) is 4.90 Å². The van der Waals surface area contributed by atoms with Gasteiger partial charge in [-0.1, -0.05) is 0 Å². The molecule has 0 atom stereocenters. The zero-order valence-electron chi connectivity index (χ0n) is 11.8. The Kier molecular flexibility index (Phi) is 5.08. The largest absolute Gasteiger partial charge is 0.450 e. The molecule has 1 aliphatic rings. The van der Waals surface area contributed by atoms with Gasteiger partial charge in [-0.2, -0.15) is 0 Å². The third kappa shape index (κ3) is 3.90. The molecule has 0 spiro atoms. The molecule has 1 heterocycles. The van der Waals surface area contributed by atoms with Gasteiger partial charge in [0, 0.05) is 25.2 Å². The first-order chi connectivity index (χ1) is 10.1. The molecule has 1 aliphatic heterocycles. The zero-order chi connectivity index (χ0) is 15.2. The minimum Gasteiger partial charge on any atom is -0.450 e. The van der Waals surface area contributed by atoms with Gasteiger partial charge >= 0.3 is 6.09 Å². The van der Waals surface area contributed by atoms with Crippen LogP contribution in [-0.4, -0.2) is 36.7 Å². The molecule has 114 valence electrons. The van der Waals surface area contributed by atoms with Crippen LogP contribution < -0.4 is 5.32 Å². The topological polar surface area (TPSA) is 71.0 Å². The average molecular weight is 295 g/mol. The number of piperidine rings is 1. The Labute approximate surface area is 122 Å². The highest BCUT2D eigenvalue weighted by Crippen LogP contribution is 2.27. The summed E-state index contributed by atoms with van der Waals surface area (Å²) in [6.07, 6.45) is 1.16. The number of nitrogens with zero attached hydrogens (tertiary/aromatic N) is 2. The fourth-order valence-corrected chi connectivity index (χ4v) is 2.34. The minimum absolute atomic E-state index is 0.0582. The molecule has 7 heteroatoms.